The van der Waals surface area contributed by atoms with Crippen LogP contribution in [0.2, 0.25) is 0 Å². The van der Waals surface area contributed by atoms with Crippen molar-refractivity contribution in [2.75, 3.05) is 0 Å². The molecule has 0 fully saturated rings. The first-order valence-electron chi connectivity index (χ1n) is 3.57. The predicted molar refractivity (Wildman–Crippen MR) is 44.3 cm³/mol. The lowest BCUT2D eigenvalue weighted by molar-refractivity contribution is 0.548. The minimum absolute atomic E-state index is 0.0360. The number of nitrogens with one attached hydrogen (secondary N) is 1. The largest absolute Gasteiger partial charge is 0.349 e. The molecule has 74 valence electrons. The Kier molecular flexibility index (Phi) is 1.78. The van der Waals surface area contributed by atoms with E-state index >= 15 is 0 Å². The van der Waals surface area contributed by atoms with Crippen molar-refractivity contribution >= 4 is 21.1 Å². The lowest BCUT2D eigenvalue weighted by Crippen LogP contribution is -1.92. The Balaban J connectivity index is 2.83. The number of halogens is 2. The monoisotopic (exact) mass is 218 g/mol. The van der Waals surface area contributed by atoms with Crippen molar-refractivity contribution in [3.05, 3.63) is 24.0 Å². The van der Waals surface area contributed by atoms with Crippen molar-refractivity contribution in [3.8, 4) is 0 Å². The van der Waals surface area contributed by atoms with Gasteiger partial charge in [0.15, 0.2) is 5.03 Å². The number of H-pyrrole nitrogens is 1. The fourth-order valence-electron chi connectivity index (χ4n) is 1.15. The highest BCUT2D eigenvalue weighted by atomic mass is 32.3. The van der Waals surface area contributed by atoms with Gasteiger partial charge in [0.2, 0.25) is 0 Å². The summed E-state index contributed by atoms with van der Waals surface area (Å²) >= 11 is 0. The van der Waals surface area contributed by atoms with E-state index in [1.54, 1.807) is 0 Å². The van der Waals surface area contributed by atoms with Crippen LogP contribution in [0.4, 0.5) is 8.28 Å². The van der Waals surface area contributed by atoms with E-state index in [1.165, 1.54) is 0 Å². The minimum atomic E-state index is -4.84. The summed E-state index contributed by atoms with van der Waals surface area (Å²) in [5, 5.41) is 4.85. The van der Waals surface area contributed by atoms with Gasteiger partial charge in [0.25, 0.3) is 0 Å². The van der Waals surface area contributed by atoms with E-state index in [2.05, 4.69) is 5.10 Å². The molecule has 1 heterocycles. The maximum Gasteiger partial charge on any atom is 0.349 e. The molecule has 1 aromatic carbocycles. The maximum absolute atomic E-state index is 12.6. The zero-order chi connectivity index (χ0) is 10.3. The molecule has 0 amide bonds. The average Bonchev–Trinajstić information content (AvgIpc) is 2.45. The molecule has 0 bridgehead atoms. The number of benzene rings is 1. The molecule has 0 aliphatic heterocycles. The Morgan fingerprint density at radius 3 is 2.71 bits per heavy atom. The molecule has 0 radical (unpaired) electrons. The van der Waals surface area contributed by atoms with Gasteiger partial charge in [-0.3, -0.25) is 5.10 Å². The third kappa shape index (κ3) is 1.35. The van der Waals surface area contributed by atoms with Gasteiger partial charge in [0.05, 0.1) is 5.52 Å². The summed E-state index contributed by atoms with van der Waals surface area (Å²) in [6.45, 7) is 0. The lowest BCUT2D eigenvalue weighted by atomic mass is 10.2. The number of hydrogen-bond acceptors (Lipinski definition) is 3. The van der Waals surface area contributed by atoms with Gasteiger partial charge in [0, 0.05) is 11.5 Å². The van der Waals surface area contributed by atoms with E-state index in [-0.39, 0.29) is 10.9 Å². The first kappa shape index (κ1) is 9.07. The molecule has 0 saturated heterocycles. The average molecular weight is 218 g/mol. The Labute approximate surface area is 77.8 Å². The third-order valence-corrected chi connectivity index (χ3v) is 2.52. The first-order chi connectivity index (χ1) is 6.48. The van der Waals surface area contributed by atoms with Crippen LogP contribution in [-0.2, 0) is 10.2 Å². The van der Waals surface area contributed by atoms with Gasteiger partial charge in [-0.2, -0.15) is 13.5 Å². The Bertz CT molecular complexity index is 591. The number of aromatic amines is 1. The number of nitrogens with zero attached hydrogens (tertiary/aromatic N) is 1. The predicted octanol–water partition coefficient (Wildman–Crippen LogP) is 1.36. The van der Waals surface area contributed by atoms with Crippen molar-refractivity contribution in [1.29, 1.82) is 0 Å². The first-order valence-corrected chi connectivity index (χ1v) is 4.95. The van der Waals surface area contributed by atoms with Gasteiger partial charge >= 0.3 is 10.2 Å². The van der Waals surface area contributed by atoms with Crippen molar-refractivity contribution in [2.24, 2.45) is 0 Å². The van der Waals surface area contributed by atoms with Gasteiger partial charge in [-0.05, 0) is 12.1 Å². The van der Waals surface area contributed by atoms with Crippen molar-refractivity contribution in [3.63, 3.8) is 0 Å². The molecule has 0 unspecified atom stereocenters. The molecule has 14 heavy (non-hydrogen) atoms. The summed E-state index contributed by atoms with van der Waals surface area (Å²) in [4.78, 5) is 0. The molecular formula is C7H4F2N2O2S. The van der Waals surface area contributed by atoms with Gasteiger partial charge in [-0.25, -0.2) is 4.39 Å². The highest BCUT2D eigenvalue weighted by Gasteiger charge is 2.18. The fourth-order valence-corrected chi connectivity index (χ4v) is 1.74. The Morgan fingerprint density at radius 1 is 1.36 bits per heavy atom. The van der Waals surface area contributed by atoms with Gasteiger partial charge in [0.1, 0.15) is 5.82 Å². The SMILES string of the molecule is O=S(=O)(F)c1[nH]nc2cc(F)ccc12. The molecule has 1 N–H and O–H groups in total. The molecule has 2 aromatic rings. The highest BCUT2D eigenvalue weighted by Crippen LogP contribution is 2.21. The molecule has 2 rings (SSSR count). The van der Waals surface area contributed by atoms with Crippen LogP contribution < -0.4 is 0 Å². The summed E-state index contributed by atoms with van der Waals surface area (Å²) in [5.74, 6) is -0.563. The van der Waals surface area contributed by atoms with Crippen LogP contribution in [0.25, 0.3) is 10.9 Å². The number of fused-ring (bicyclic) bond motifs is 1. The van der Waals surface area contributed by atoms with Crippen LogP contribution >= 0.6 is 0 Å². The second-order valence-corrected chi connectivity index (χ2v) is 3.94. The van der Waals surface area contributed by atoms with E-state index in [9.17, 15) is 16.7 Å². The second kappa shape index (κ2) is 2.74. The van der Waals surface area contributed by atoms with E-state index in [0.717, 1.165) is 18.2 Å². The fraction of sp³-hybridized carbons (Fsp3) is 0. The van der Waals surface area contributed by atoms with Gasteiger partial charge < -0.3 is 0 Å². The molecule has 0 spiro atoms. The van der Waals surface area contributed by atoms with Crippen LogP contribution in [0, 0.1) is 5.82 Å². The zero-order valence-electron chi connectivity index (χ0n) is 6.66. The Hall–Kier alpha value is -1.50. The second-order valence-electron chi connectivity index (χ2n) is 2.65. The molecular weight excluding hydrogens is 214 g/mol. The quantitative estimate of drug-likeness (QED) is 0.735. The normalized spacial score (nSPS) is 12.1. The number of hydrogen-bond donors (Lipinski definition) is 1. The summed E-state index contributed by atoms with van der Waals surface area (Å²) in [6.07, 6.45) is 0. The topological polar surface area (TPSA) is 62.8 Å². The maximum atomic E-state index is 12.6. The zero-order valence-corrected chi connectivity index (χ0v) is 7.48. The van der Waals surface area contributed by atoms with Crippen molar-refractivity contribution in [2.45, 2.75) is 5.03 Å². The van der Waals surface area contributed by atoms with Crippen molar-refractivity contribution < 1.29 is 16.7 Å². The summed E-state index contributed by atoms with van der Waals surface area (Å²) in [7, 11) is -4.84. The number of aromatic nitrogens is 2. The molecule has 0 saturated carbocycles. The molecule has 1 aromatic heterocycles. The molecule has 0 aliphatic rings. The molecule has 7 heteroatoms. The van der Waals surface area contributed by atoms with Gasteiger partial charge in [-0.15, -0.1) is 0 Å². The molecule has 0 atom stereocenters. The number of rotatable bonds is 1. The summed E-state index contributed by atoms with van der Waals surface area (Å²) < 4.78 is 46.4. The molecule has 0 aliphatic carbocycles. The van der Waals surface area contributed by atoms with Crippen LogP contribution in [0.1, 0.15) is 0 Å². The summed E-state index contributed by atoms with van der Waals surface area (Å²) in [5.41, 5.74) is 0.0706. The minimum Gasteiger partial charge on any atom is -0.264 e. The van der Waals surface area contributed by atoms with Crippen LogP contribution in [0.15, 0.2) is 23.2 Å². The van der Waals surface area contributed by atoms with E-state index in [0.29, 0.717) is 0 Å². The highest BCUT2D eigenvalue weighted by molar-refractivity contribution is 7.86. The molecule has 4 nitrogen and oxygen atoms in total. The standard InChI is InChI=1S/C7H4F2N2O2S/c8-4-1-2-5-6(3-4)10-11-7(5)14(9,12)13/h1-3H,(H,10,11). The van der Waals surface area contributed by atoms with E-state index in [4.69, 9.17) is 0 Å². The third-order valence-electron chi connectivity index (χ3n) is 1.73. The van der Waals surface area contributed by atoms with Crippen LogP contribution in [0.3, 0.4) is 0 Å². The van der Waals surface area contributed by atoms with E-state index < -0.39 is 21.1 Å². The van der Waals surface area contributed by atoms with Gasteiger partial charge in [-0.1, -0.05) is 3.89 Å². The lowest BCUT2D eigenvalue weighted by Gasteiger charge is -1.90. The van der Waals surface area contributed by atoms with Crippen LogP contribution in [0.5, 0.6) is 0 Å². The summed E-state index contributed by atoms with van der Waals surface area (Å²) in [6, 6.07) is 3.20. The van der Waals surface area contributed by atoms with Crippen molar-refractivity contribution in [1.82, 2.24) is 10.2 Å². The Morgan fingerprint density at radius 2 is 2.07 bits per heavy atom. The smallest absolute Gasteiger partial charge is 0.264 e. The van der Waals surface area contributed by atoms with Crippen LogP contribution in [-0.4, -0.2) is 18.6 Å². The van der Waals surface area contributed by atoms with E-state index in [1.807, 2.05) is 5.10 Å².